The Bertz CT molecular complexity index is 156. The van der Waals surface area contributed by atoms with Crippen LogP contribution in [-0.2, 0) is 19.0 Å². The van der Waals surface area contributed by atoms with E-state index in [0.717, 1.165) is 12.8 Å². The molecule has 13 heavy (non-hydrogen) atoms. The number of carbonyl (C=O) groups is 2. The highest BCUT2D eigenvalue weighted by atomic mass is 16.7. The number of methoxy groups -OCH3 is 1. The lowest BCUT2D eigenvalue weighted by molar-refractivity contribution is -0.137. The van der Waals surface area contributed by atoms with Crippen molar-refractivity contribution >= 4 is 12.1 Å². The molecule has 0 atom stereocenters. The third-order valence-electron chi connectivity index (χ3n) is 1.27. The molecular formula is C8H14O5. The van der Waals surface area contributed by atoms with Crippen LogP contribution >= 0.6 is 0 Å². The number of hydrogen-bond donors (Lipinski definition) is 0. The average molecular weight is 190 g/mol. The van der Waals surface area contributed by atoms with Gasteiger partial charge in [-0.2, -0.15) is 0 Å². The van der Waals surface area contributed by atoms with E-state index in [0.29, 0.717) is 13.2 Å². The number of ether oxygens (including phenoxy) is 3. The van der Waals surface area contributed by atoms with Gasteiger partial charge >= 0.3 is 12.1 Å². The van der Waals surface area contributed by atoms with Gasteiger partial charge in [-0.05, 0) is 12.8 Å². The van der Waals surface area contributed by atoms with Gasteiger partial charge in [-0.15, -0.1) is 0 Å². The SMILES string of the molecule is COC(C)=O.O=C1OCCCCO1. The van der Waals surface area contributed by atoms with Crippen LogP contribution in [0.4, 0.5) is 4.79 Å². The second-order valence-electron chi connectivity index (χ2n) is 2.35. The minimum atomic E-state index is -0.525. The standard InChI is InChI=1S/C5H8O3.C3H6O2/c6-5-7-3-1-2-4-8-5;1-3(4)5-2/h1-4H2;1-2H3. The zero-order valence-electron chi connectivity index (χ0n) is 7.87. The lowest BCUT2D eigenvalue weighted by atomic mass is 10.3. The predicted molar refractivity (Wildman–Crippen MR) is 44.2 cm³/mol. The summed E-state index contributed by atoms with van der Waals surface area (Å²) in [5.74, 6) is -0.245. The third kappa shape index (κ3) is 8.65. The number of rotatable bonds is 0. The summed E-state index contributed by atoms with van der Waals surface area (Å²) in [6.45, 7) is 2.39. The minimum absolute atomic E-state index is 0.245. The Morgan fingerprint density at radius 2 is 1.69 bits per heavy atom. The molecule has 0 aromatic carbocycles. The molecule has 1 fully saturated rings. The molecule has 1 heterocycles. The van der Waals surface area contributed by atoms with E-state index in [9.17, 15) is 9.59 Å². The van der Waals surface area contributed by atoms with Crippen molar-refractivity contribution in [3.63, 3.8) is 0 Å². The number of esters is 1. The first-order valence-corrected chi connectivity index (χ1v) is 4.01. The molecule has 1 rings (SSSR count). The van der Waals surface area contributed by atoms with Gasteiger partial charge in [0, 0.05) is 6.92 Å². The quantitative estimate of drug-likeness (QED) is 0.535. The van der Waals surface area contributed by atoms with E-state index in [4.69, 9.17) is 0 Å². The first-order valence-electron chi connectivity index (χ1n) is 4.01. The largest absolute Gasteiger partial charge is 0.508 e. The smallest absolute Gasteiger partial charge is 0.469 e. The molecule has 0 spiro atoms. The van der Waals surface area contributed by atoms with Crippen LogP contribution in [0, 0.1) is 0 Å². The monoisotopic (exact) mass is 190 g/mol. The van der Waals surface area contributed by atoms with Crippen LogP contribution in [0.5, 0.6) is 0 Å². The summed E-state index contributed by atoms with van der Waals surface area (Å²) in [6.07, 6.45) is 1.32. The van der Waals surface area contributed by atoms with Crippen LogP contribution in [0.3, 0.4) is 0 Å². The van der Waals surface area contributed by atoms with Crippen LogP contribution in [0.25, 0.3) is 0 Å². The van der Waals surface area contributed by atoms with Crippen molar-refractivity contribution < 1.29 is 23.8 Å². The van der Waals surface area contributed by atoms with E-state index in [1.54, 1.807) is 0 Å². The Morgan fingerprint density at radius 1 is 1.31 bits per heavy atom. The molecule has 5 heteroatoms. The Kier molecular flexibility index (Phi) is 6.68. The molecule has 0 radical (unpaired) electrons. The summed E-state index contributed by atoms with van der Waals surface area (Å²) in [4.78, 5) is 19.8. The van der Waals surface area contributed by atoms with Gasteiger partial charge < -0.3 is 14.2 Å². The van der Waals surface area contributed by atoms with E-state index >= 15 is 0 Å². The molecule has 5 nitrogen and oxygen atoms in total. The lowest BCUT2D eigenvalue weighted by Crippen LogP contribution is -2.02. The molecule has 0 aromatic heterocycles. The molecule has 1 aliphatic heterocycles. The minimum Gasteiger partial charge on any atom is -0.469 e. The van der Waals surface area contributed by atoms with Gasteiger partial charge in [0.2, 0.25) is 0 Å². The average Bonchev–Trinajstić information content (AvgIpc) is 2.33. The molecule has 76 valence electrons. The summed E-state index contributed by atoms with van der Waals surface area (Å²) < 4.78 is 13.2. The van der Waals surface area contributed by atoms with Gasteiger partial charge in [-0.3, -0.25) is 4.79 Å². The van der Waals surface area contributed by atoms with Crippen LogP contribution in [-0.4, -0.2) is 32.4 Å². The van der Waals surface area contributed by atoms with Crippen molar-refractivity contribution in [1.29, 1.82) is 0 Å². The highest BCUT2D eigenvalue weighted by molar-refractivity contribution is 5.65. The number of carbonyl (C=O) groups excluding carboxylic acids is 2. The van der Waals surface area contributed by atoms with Crippen molar-refractivity contribution in [3.8, 4) is 0 Å². The van der Waals surface area contributed by atoms with E-state index in [1.807, 2.05) is 0 Å². The summed E-state index contributed by atoms with van der Waals surface area (Å²) >= 11 is 0. The topological polar surface area (TPSA) is 61.8 Å². The van der Waals surface area contributed by atoms with Crippen LogP contribution in [0.2, 0.25) is 0 Å². The van der Waals surface area contributed by atoms with E-state index in [2.05, 4.69) is 14.2 Å². The molecule has 0 aromatic rings. The van der Waals surface area contributed by atoms with Crippen molar-refractivity contribution in [1.82, 2.24) is 0 Å². The molecular weight excluding hydrogens is 176 g/mol. The Morgan fingerprint density at radius 3 is 2.00 bits per heavy atom. The number of hydrogen-bond acceptors (Lipinski definition) is 5. The second kappa shape index (κ2) is 7.39. The fourth-order valence-corrected chi connectivity index (χ4v) is 0.557. The summed E-state index contributed by atoms with van der Waals surface area (Å²) in [7, 11) is 1.35. The summed E-state index contributed by atoms with van der Waals surface area (Å²) in [5, 5.41) is 0. The second-order valence-corrected chi connectivity index (χ2v) is 2.35. The van der Waals surface area contributed by atoms with Crippen LogP contribution in [0.15, 0.2) is 0 Å². The maximum Gasteiger partial charge on any atom is 0.508 e. The van der Waals surface area contributed by atoms with Gasteiger partial charge in [0.15, 0.2) is 0 Å². The Labute approximate surface area is 77.0 Å². The zero-order chi connectivity index (χ0) is 10.1. The normalized spacial score (nSPS) is 15.4. The highest BCUT2D eigenvalue weighted by Crippen LogP contribution is 1.99. The highest BCUT2D eigenvalue weighted by Gasteiger charge is 2.06. The fraction of sp³-hybridized carbons (Fsp3) is 0.750. The van der Waals surface area contributed by atoms with Crippen LogP contribution in [0.1, 0.15) is 19.8 Å². The molecule has 0 amide bonds. The molecule has 0 aliphatic carbocycles. The molecule has 0 bridgehead atoms. The lowest BCUT2D eigenvalue weighted by Gasteiger charge is -1.94. The van der Waals surface area contributed by atoms with Crippen molar-refractivity contribution in [2.45, 2.75) is 19.8 Å². The molecule has 1 saturated heterocycles. The summed E-state index contributed by atoms with van der Waals surface area (Å²) in [6, 6.07) is 0. The van der Waals surface area contributed by atoms with Gasteiger partial charge in [-0.25, -0.2) is 4.79 Å². The van der Waals surface area contributed by atoms with Crippen molar-refractivity contribution in [2.75, 3.05) is 20.3 Å². The van der Waals surface area contributed by atoms with Gasteiger partial charge in [0.05, 0.1) is 20.3 Å². The van der Waals surface area contributed by atoms with E-state index in [-0.39, 0.29) is 5.97 Å². The third-order valence-corrected chi connectivity index (χ3v) is 1.27. The zero-order valence-corrected chi connectivity index (χ0v) is 7.87. The maximum absolute atomic E-state index is 10.2. The Hall–Kier alpha value is -1.26. The molecule has 0 N–H and O–H groups in total. The van der Waals surface area contributed by atoms with Gasteiger partial charge in [0.1, 0.15) is 0 Å². The predicted octanol–water partition coefficient (Wildman–Crippen LogP) is 1.11. The van der Waals surface area contributed by atoms with Gasteiger partial charge in [-0.1, -0.05) is 0 Å². The first-order chi connectivity index (χ1) is 6.16. The maximum atomic E-state index is 10.2. The first kappa shape index (κ1) is 11.7. The molecule has 0 unspecified atom stereocenters. The van der Waals surface area contributed by atoms with Gasteiger partial charge in [0.25, 0.3) is 0 Å². The Balaban J connectivity index is 0.000000252. The fourth-order valence-electron chi connectivity index (χ4n) is 0.557. The van der Waals surface area contributed by atoms with Crippen molar-refractivity contribution in [2.24, 2.45) is 0 Å². The van der Waals surface area contributed by atoms with Crippen LogP contribution < -0.4 is 0 Å². The molecule has 1 aliphatic rings. The van der Waals surface area contributed by atoms with E-state index in [1.165, 1.54) is 14.0 Å². The van der Waals surface area contributed by atoms with Crippen molar-refractivity contribution in [3.05, 3.63) is 0 Å². The molecule has 0 saturated carbocycles. The summed E-state index contributed by atoms with van der Waals surface area (Å²) in [5.41, 5.74) is 0. The number of cyclic esters (lactones) is 2. The van der Waals surface area contributed by atoms with E-state index < -0.39 is 6.16 Å².